The first-order valence-electron chi connectivity index (χ1n) is 6.58. The number of halogens is 3. The molecule has 0 saturated heterocycles. The summed E-state index contributed by atoms with van der Waals surface area (Å²) in [5.41, 5.74) is 0.527. The summed E-state index contributed by atoms with van der Waals surface area (Å²) in [7, 11) is 0. The minimum absolute atomic E-state index is 0.121. The molecule has 0 aliphatic carbocycles. The molecule has 0 radical (unpaired) electrons. The van der Waals surface area contributed by atoms with E-state index in [1.807, 2.05) is 5.38 Å². The van der Waals surface area contributed by atoms with E-state index >= 15 is 0 Å². The molecular formula is C15H16F3NOS. The van der Waals surface area contributed by atoms with Crippen LogP contribution in [-0.2, 0) is 12.6 Å². The molecule has 0 amide bonds. The van der Waals surface area contributed by atoms with Crippen LogP contribution in [0.15, 0.2) is 41.1 Å². The predicted octanol–water partition coefficient (Wildman–Crippen LogP) is 3.98. The van der Waals surface area contributed by atoms with E-state index in [4.69, 9.17) is 4.74 Å². The number of rotatable bonds is 7. The lowest BCUT2D eigenvalue weighted by atomic mass is 10.2. The van der Waals surface area contributed by atoms with E-state index in [0.29, 0.717) is 6.54 Å². The number of nitrogens with one attached hydrogen (secondary N) is 1. The smallest absolute Gasteiger partial charge is 0.419 e. The van der Waals surface area contributed by atoms with E-state index < -0.39 is 11.7 Å². The normalized spacial score (nSPS) is 11.6. The highest BCUT2D eigenvalue weighted by molar-refractivity contribution is 7.07. The monoisotopic (exact) mass is 315 g/mol. The Morgan fingerprint density at radius 1 is 1.10 bits per heavy atom. The highest BCUT2D eigenvalue weighted by atomic mass is 32.1. The molecule has 0 saturated carbocycles. The Labute approximate surface area is 125 Å². The van der Waals surface area contributed by atoms with E-state index in [1.54, 1.807) is 11.3 Å². The first-order chi connectivity index (χ1) is 10.1. The fraction of sp³-hybridized carbons (Fsp3) is 0.333. The Hall–Kier alpha value is -1.53. The molecule has 0 bridgehead atoms. The molecule has 0 fully saturated rings. The molecule has 1 aromatic heterocycles. The summed E-state index contributed by atoms with van der Waals surface area (Å²) in [6.45, 7) is 1.49. The molecule has 0 aliphatic rings. The van der Waals surface area contributed by atoms with E-state index in [-0.39, 0.29) is 12.4 Å². The molecule has 6 heteroatoms. The van der Waals surface area contributed by atoms with Crippen LogP contribution in [-0.4, -0.2) is 19.7 Å². The van der Waals surface area contributed by atoms with Crippen LogP contribution >= 0.6 is 11.3 Å². The summed E-state index contributed by atoms with van der Waals surface area (Å²) in [5.74, 6) is -0.121. The van der Waals surface area contributed by atoms with Crippen LogP contribution in [0.1, 0.15) is 11.1 Å². The van der Waals surface area contributed by atoms with Crippen molar-refractivity contribution < 1.29 is 17.9 Å². The molecule has 1 aromatic carbocycles. The quantitative estimate of drug-likeness (QED) is 0.780. The first kappa shape index (κ1) is 15.9. The van der Waals surface area contributed by atoms with Gasteiger partial charge in [0.2, 0.25) is 0 Å². The molecule has 2 aromatic rings. The maximum atomic E-state index is 12.7. The van der Waals surface area contributed by atoms with Crippen molar-refractivity contribution in [3.8, 4) is 5.75 Å². The summed E-state index contributed by atoms with van der Waals surface area (Å²) in [6.07, 6.45) is -3.48. The Morgan fingerprint density at radius 2 is 1.90 bits per heavy atom. The topological polar surface area (TPSA) is 21.3 Å². The zero-order valence-electron chi connectivity index (χ0n) is 11.3. The number of benzene rings is 1. The van der Waals surface area contributed by atoms with Crippen LogP contribution in [0.25, 0.3) is 0 Å². The van der Waals surface area contributed by atoms with Gasteiger partial charge in [-0.2, -0.15) is 24.5 Å². The van der Waals surface area contributed by atoms with Gasteiger partial charge in [-0.15, -0.1) is 0 Å². The lowest BCUT2D eigenvalue weighted by Crippen LogP contribution is -2.23. The Bertz CT molecular complexity index is 540. The van der Waals surface area contributed by atoms with Gasteiger partial charge in [0, 0.05) is 6.54 Å². The minimum Gasteiger partial charge on any atom is -0.492 e. The number of hydrogen-bond donors (Lipinski definition) is 1. The zero-order chi connectivity index (χ0) is 15.1. The van der Waals surface area contributed by atoms with Crippen molar-refractivity contribution in [2.24, 2.45) is 0 Å². The van der Waals surface area contributed by atoms with Crippen molar-refractivity contribution in [1.82, 2.24) is 5.32 Å². The van der Waals surface area contributed by atoms with Crippen LogP contribution in [0.3, 0.4) is 0 Å². The molecule has 114 valence electrons. The van der Waals surface area contributed by atoms with Gasteiger partial charge < -0.3 is 10.1 Å². The number of ether oxygens (including phenoxy) is 1. The summed E-state index contributed by atoms with van der Waals surface area (Å²) in [6, 6.07) is 7.32. The predicted molar refractivity (Wildman–Crippen MR) is 77.8 cm³/mol. The van der Waals surface area contributed by atoms with Gasteiger partial charge in [-0.3, -0.25) is 0 Å². The van der Waals surface area contributed by atoms with Crippen LogP contribution < -0.4 is 10.1 Å². The molecule has 2 rings (SSSR count). The largest absolute Gasteiger partial charge is 0.492 e. The SMILES string of the molecule is FC(F)(F)c1ccccc1OCCNCCc1ccsc1. The minimum atomic E-state index is -4.39. The second-order valence-electron chi connectivity index (χ2n) is 4.47. The van der Waals surface area contributed by atoms with Gasteiger partial charge in [-0.1, -0.05) is 12.1 Å². The average molecular weight is 315 g/mol. The zero-order valence-corrected chi connectivity index (χ0v) is 12.1. The van der Waals surface area contributed by atoms with Crippen LogP contribution in [0.2, 0.25) is 0 Å². The van der Waals surface area contributed by atoms with Crippen LogP contribution in [0.4, 0.5) is 13.2 Å². The summed E-state index contributed by atoms with van der Waals surface area (Å²) in [5, 5.41) is 7.25. The van der Waals surface area contributed by atoms with Crippen molar-refractivity contribution in [3.63, 3.8) is 0 Å². The lowest BCUT2D eigenvalue weighted by Gasteiger charge is -2.13. The standard InChI is InChI=1S/C15H16F3NOS/c16-15(17,18)13-3-1-2-4-14(13)20-9-8-19-7-5-12-6-10-21-11-12/h1-4,6,10-11,19H,5,7-9H2. The number of para-hydroxylation sites is 1. The second-order valence-corrected chi connectivity index (χ2v) is 5.25. The van der Waals surface area contributed by atoms with Crippen molar-refractivity contribution in [3.05, 3.63) is 52.2 Å². The number of thiophene rings is 1. The summed E-state index contributed by atoms with van der Waals surface area (Å²) in [4.78, 5) is 0. The molecule has 0 aliphatic heterocycles. The molecule has 0 spiro atoms. The Morgan fingerprint density at radius 3 is 2.62 bits per heavy atom. The fourth-order valence-corrected chi connectivity index (χ4v) is 2.56. The van der Waals surface area contributed by atoms with Gasteiger partial charge in [0.25, 0.3) is 0 Å². The fourth-order valence-electron chi connectivity index (χ4n) is 1.85. The van der Waals surface area contributed by atoms with Gasteiger partial charge >= 0.3 is 6.18 Å². The molecule has 0 unspecified atom stereocenters. The van der Waals surface area contributed by atoms with E-state index in [2.05, 4.69) is 16.8 Å². The van der Waals surface area contributed by atoms with Crippen molar-refractivity contribution in [2.45, 2.75) is 12.6 Å². The van der Waals surface area contributed by atoms with Gasteiger partial charge in [0.15, 0.2) is 0 Å². The van der Waals surface area contributed by atoms with Crippen molar-refractivity contribution >= 4 is 11.3 Å². The van der Waals surface area contributed by atoms with E-state index in [0.717, 1.165) is 19.0 Å². The summed E-state index contributed by atoms with van der Waals surface area (Å²) >= 11 is 1.65. The molecule has 1 heterocycles. The Balaban J connectivity index is 1.71. The first-order valence-corrected chi connectivity index (χ1v) is 7.52. The third kappa shape index (κ3) is 5.06. The number of hydrogen-bond acceptors (Lipinski definition) is 3. The third-order valence-corrected chi connectivity index (χ3v) is 3.63. The molecule has 21 heavy (non-hydrogen) atoms. The third-order valence-electron chi connectivity index (χ3n) is 2.90. The lowest BCUT2D eigenvalue weighted by molar-refractivity contribution is -0.138. The molecule has 1 N–H and O–H groups in total. The molecular weight excluding hydrogens is 299 g/mol. The van der Waals surface area contributed by atoms with Gasteiger partial charge in [0.1, 0.15) is 12.4 Å². The highest BCUT2D eigenvalue weighted by Crippen LogP contribution is 2.35. The average Bonchev–Trinajstić information content (AvgIpc) is 2.95. The van der Waals surface area contributed by atoms with Gasteiger partial charge in [-0.05, 0) is 47.5 Å². The van der Waals surface area contributed by atoms with Gasteiger partial charge in [0.05, 0.1) is 5.56 Å². The molecule has 2 nitrogen and oxygen atoms in total. The van der Waals surface area contributed by atoms with Crippen molar-refractivity contribution in [1.29, 1.82) is 0 Å². The maximum absolute atomic E-state index is 12.7. The summed E-state index contributed by atoms with van der Waals surface area (Å²) < 4.78 is 43.4. The molecule has 0 atom stereocenters. The van der Waals surface area contributed by atoms with Gasteiger partial charge in [-0.25, -0.2) is 0 Å². The highest BCUT2D eigenvalue weighted by Gasteiger charge is 2.33. The Kier molecular flexibility index (Phi) is 5.64. The maximum Gasteiger partial charge on any atom is 0.419 e. The number of alkyl halides is 3. The second kappa shape index (κ2) is 7.47. The van der Waals surface area contributed by atoms with Crippen LogP contribution in [0, 0.1) is 0 Å². The van der Waals surface area contributed by atoms with Crippen molar-refractivity contribution in [2.75, 3.05) is 19.7 Å². The van der Waals surface area contributed by atoms with E-state index in [9.17, 15) is 13.2 Å². The van der Waals surface area contributed by atoms with Crippen LogP contribution in [0.5, 0.6) is 5.75 Å². The van der Waals surface area contributed by atoms with E-state index in [1.165, 1.54) is 23.8 Å².